The van der Waals surface area contributed by atoms with Gasteiger partial charge >= 0.3 is 14.4 Å². The highest BCUT2D eigenvalue weighted by Gasteiger charge is 2.36. The summed E-state index contributed by atoms with van der Waals surface area (Å²) in [4.78, 5) is 33.6. The number of halogens is 3. The highest BCUT2D eigenvalue weighted by Crippen LogP contribution is 2.36. The molecule has 1 amide bonds. The van der Waals surface area contributed by atoms with Gasteiger partial charge in [0.15, 0.2) is 5.69 Å². The van der Waals surface area contributed by atoms with Gasteiger partial charge in [0.25, 0.3) is 5.91 Å². The number of aryl methyl sites for hydroxylation is 1. The maximum Gasteiger partial charge on any atom is 0.421 e. The smallest absolute Gasteiger partial charge is 0.396 e. The van der Waals surface area contributed by atoms with Crippen LogP contribution in [0.4, 0.5) is 36.3 Å². The molecule has 0 saturated heterocycles. The fourth-order valence-electron chi connectivity index (χ4n) is 3.69. The lowest BCUT2D eigenvalue weighted by Crippen LogP contribution is -2.21. The maximum absolute atomic E-state index is 13.9. The number of anilines is 4. The number of rotatable bonds is 12. The Kier molecular flexibility index (Phi) is 9.85. The second kappa shape index (κ2) is 13.5. The summed E-state index contributed by atoms with van der Waals surface area (Å²) in [6, 6.07) is 9.26. The predicted molar refractivity (Wildman–Crippen MR) is 147 cm³/mol. The third-order valence-electron chi connectivity index (χ3n) is 5.73. The Morgan fingerprint density at radius 1 is 1.10 bits per heavy atom. The summed E-state index contributed by atoms with van der Waals surface area (Å²) in [5.41, 5.74) is 0.567. The summed E-state index contributed by atoms with van der Waals surface area (Å²) >= 11 is 0. The van der Waals surface area contributed by atoms with Gasteiger partial charge in [-0.3, -0.25) is 14.0 Å². The maximum atomic E-state index is 13.9. The molecule has 3 heterocycles. The molecular formula is C25H26F3N8O5P. The number of hydrogen-bond donors (Lipinski definition) is 5. The molecule has 1 unspecified atom stereocenters. The normalized spacial score (nSPS) is 12.1. The number of aromatic nitrogens is 5. The van der Waals surface area contributed by atoms with Crippen LogP contribution in [-0.4, -0.2) is 54.3 Å². The summed E-state index contributed by atoms with van der Waals surface area (Å²) < 4.78 is 58.6. The van der Waals surface area contributed by atoms with Crippen LogP contribution in [0.1, 0.15) is 28.0 Å². The van der Waals surface area contributed by atoms with Crippen molar-refractivity contribution in [3.8, 4) is 11.3 Å². The number of pyridine rings is 1. The lowest BCUT2D eigenvalue weighted by atomic mass is 10.1. The van der Waals surface area contributed by atoms with Crippen molar-refractivity contribution in [2.24, 2.45) is 0 Å². The van der Waals surface area contributed by atoms with E-state index in [0.717, 1.165) is 0 Å². The Labute approximate surface area is 237 Å². The Bertz CT molecular complexity index is 1570. The van der Waals surface area contributed by atoms with E-state index >= 15 is 0 Å². The quantitative estimate of drug-likeness (QED) is 0.148. The second-order valence-electron chi connectivity index (χ2n) is 8.70. The minimum Gasteiger partial charge on any atom is -0.396 e. The van der Waals surface area contributed by atoms with E-state index in [4.69, 9.17) is 10.00 Å². The van der Waals surface area contributed by atoms with Gasteiger partial charge < -0.3 is 30.5 Å². The summed E-state index contributed by atoms with van der Waals surface area (Å²) in [6.07, 6.45) is -0.510. The van der Waals surface area contributed by atoms with Crippen molar-refractivity contribution in [1.29, 1.82) is 0 Å². The van der Waals surface area contributed by atoms with Gasteiger partial charge in [-0.1, -0.05) is 12.1 Å². The molecule has 17 heteroatoms. The van der Waals surface area contributed by atoms with E-state index in [9.17, 15) is 22.5 Å². The molecule has 4 rings (SSSR count). The molecule has 0 fully saturated rings. The van der Waals surface area contributed by atoms with E-state index in [2.05, 4.69) is 40.5 Å². The van der Waals surface area contributed by atoms with Gasteiger partial charge in [-0.25, -0.2) is 9.97 Å². The molecule has 4 aromatic rings. The van der Waals surface area contributed by atoms with Crippen LogP contribution in [0.25, 0.3) is 11.3 Å². The summed E-state index contributed by atoms with van der Waals surface area (Å²) in [7, 11) is -1.73. The molecule has 1 aromatic carbocycles. The molecule has 0 aliphatic heterocycles. The number of aliphatic hydroxyl groups excluding tert-OH is 1. The van der Waals surface area contributed by atoms with Gasteiger partial charge in [0, 0.05) is 43.8 Å². The zero-order valence-corrected chi connectivity index (χ0v) is 23.0. The molecule has 3 aromatic heterocycles. The average Bonchev–Trinajstić information content (AvgIpc) is 3.44. The van der Waals surface area contributed by atoms with Gasteiger partial charge in [0.1, 0.15) is 11.4 Å². The first-order valence-electron chi connectivity index (χ1n) is 12.4. The highest BCUT2D eigenvalue weighted by molar-refractivity contribution is 7.32. The minimum atomic E-state index is -4.82. The summed E-state index contributed by atoms with van der Waals surface area (Å²) in [5.74, 6) is -1.44. The minimum absolute atomic E-state index is 0.00727. The van der Waals surface area contributed by atoms with Gasteiger partial charge in [-0.2, -0.15) is 23.3 Å². The van der Waals surface area contributed by atoms with Crippen LogP contribution in [0.5, 0.6) is 0 Å². The first-order valence-corrected chi connectivity index (χ1v) is 13.6. The highest BCUT2D eigenvalue weighted by atomic mass is 31.1. The summed E-state index contributed by atoms with van der Waals surface area (Å²) in [5, 5.41) is 21.0. The van der Waals surface area contributed by atoms with Crippen molar-refractivity contribution in [3.05, 3.63) is 71.8 Å². The molecule has 5 N–H and O–H groups in total. The number of hydrogen-bond acceptors (Lipinski definition) is 10. The molecule has 0 spiro atoms. The number of aliphatic hydroxyl groups is 1. The van der Waals surface area contributed by atoms with Crippen molar-refractivity contribution < 1.29 is 37.1 Å². The number of carbonyl (C=O) groups is 1. The van der Waals surface area contributed by atoms with E-state index < -0.39 is 31.7 Å². The predicted octanol–water partition coefficient (Wildman–Crippen LogP) is 3.88. The van der Waals surface area contributed by atoms with Crippen molar-refractivity contribution in [1.82, 2.24) is 30.0 Å². The third-order valence-corrected chi connectivity index (χ3v) is 6.12. The Morgan fingerprint density at radius 2 is 1.86 bits per heavy atom. The standard InChI is InChI=1S/C25H26F3N8O5P/c1-29-23(38)21-20(8-7-19(33-21)16-11-31-36(13-16)9-2-10-37)34-22-18(25(26,27)28)12-30-24(35-22)32-17-5-3-15(4-6-17)14-41-42(39)40/h3-8,11-13,37,42H,2,9-10,14H2,1H3,(H,29,38)(H,39,40)(H2,30,32,34,35). The molecule has 42 heavy (non-hydrogen) atoms. The first-order chi connectivity index (χ1) is 20.1. The molecule has 222 valence electrons. The van der Waals surface area contributed by atoms with Gasteiger partial charge in [0.2, 0.25) is 5.95 Å². The van der Waals surface area contributed by atoms with E-state index in [-0.39, 0.29) is 30.5 Å². The second-order valence-corrected chi connectivity index (χ2v) is 9.52. The number of nitrogens with zero attached hydrogens (tertiary/aromatic N) is 5. The molecule has 13 nitrogen and oxygen atoms in total. The number of nitrogens with one attached hydrogen (secondary N) is 3. The number of alkyl halides is 3. The summed E-state index contributed by atoms with van der Waals surface area (Å²) in [6.45, 7) is 0.368. The van der Waals surface area contributed by atoms with Gasteiger partial charge in [-0.15, -0.1) is 0 Å². The Morgan fingerprint density at radius 3 is 2.52 bits per heavy atom. The monoisotopic (exact) mass is 606 g/mol. The largest absolute Gasteiger partial charge is 0.421 e. The van der Waals surface area contributed by atoms with Crippen LogP contribution < -0.4 is 16.0 Å². The fourth-order valence-corrected chi connectivity index (χ4v) is 3.98. The van der Waals surface area contributed by atoms with Gasteiger partial charge in [0.05, 0.1) is 24.2 Å². The molecule has 0 aliphatic carbocycles. The fraction of sp³-hybridized carbons (Fsp3) is 0.240. The Balaban J connectivity index is 1.63. The molecule has 0 radical (unpaired) electrons. The topological polar surface area (TPSA) is 176 Å². The molecular weight excluding hydrogens is 580 g/mol. The average molecular weight is 607 g/mol. The van der Waals surface area contributed by atoms with Crippen LogP contribution in [0.15, 0.2) is 55.0 Å². The lowest BCUT2D eigenvalue weighted by molar-refractivity contribution is -0.137. The van der Waals surface area contributed by atoms with Crippen molar-refractivity contribution in [2.75, 3.05) is 24.3 Å². The van der Waals surface area contributed by atoms with Crippen molar-refractivity contribution >= 4 is 37.3 Å². The Hall–Kier alpha value is -4.37. The zero-order chi connectivity index (χ0) is 30.3. The number of amides is 1. The van der Waals surface area contributed by atoms with Gasteiger partial charge in [-0.05, 0) is 36.2 Å². The van der Waals surface area contributed by atoms with Crippen molar-refractivity contribution in [3.63, 3.8) is 0 Å². The van der Waals surface area contributed by atoms with E-state index in [1.807, 2.05) is 0 Å². The lowest BCUT2D eigenvalue weighted by Gasteiger charge is -2.16. The number of carbonyl (C=O) groups excluding carboxylic acids is 1. The molecule has 0 aliphatic rings. The van der Waals surface area contributed by atoms with Crippen LogP contribution in [0, 0.1) is 0 Å². The number of benzene rings is 1. The molecule has 0 saturated carbocycles. The van der Waals surface area contributed by atoms with Crippen LogP contribution >= 0.6 is 8.25 Å². The van der Waals surface area contributed by atoms with E-state index in [0.29, 0.717) is 41.7 Å². The molecule has 1 atom stereocenters. The third kappa shape index (κ3) is 7.88. The first kappa shape index (κ1) is 30.6. The van der Waals surface area contributed by atoms with Crippen LogP contribution in [0.3, 0.4) is 0 Å². The van der Waals surface area contributed by atoms with E-state index in [1.165, 1.54) is 25.4 Å². The van der Waals surface area contributed by atoms with E-state index in [1.54, 1.807) is 35.1 Å². The SMILES string of the molecule is CNC(=O)c1nc(-c2cnn(CCCO)c2)ccc1Nc1nc(Nc2ccc(CO[PH](=O)O)cc2)ncc1C(F)(F)F. The van der Waals surface area contributed by atoms with Crippen LogP contribution in [0.2, 0.25) is 0 Å². The molecule has 0 bridgehead atoms. The van der Waals surface area contributed by atoms with Crippen molar-refractivity contribution in [2.45, 2.75) is 25.7 Å². The zero-order valence-electron chi connectivity index (χ0n) is 22.0. The van der Waals surface area contributed by atoms with Crippen LogP contribution in [-0.2, 0) is 28.4 Å².